The first-order valence-corrected chi connectivity index (χ1v) is 8.15. The monoisotopic (exact) mass is 286 g/mol. The maximum atomic E-state index is 4.76. The topological polar surface area (TPSA) is 43.1 Å². The molecule has 20 heavy (non-hydrogen) atoms. The van der Waals surface area contributed by atoms with E-state index < -0.39 is 0 Å². The molecule has 3 aromatic rings. The number of hydrogen-bond acceptors (Lipinski definition) is 4. The van der Waals surface area contributed by atoms with Gasteiger partial charge in [0.2, 0.25) is 0 Å². The lowest BCUT2D eigenvalue weighted by molar-refractivity contribution is 0.509. The number of aryl methyl sites for hydroxylation is 3. The van der Waals surface area contributed by atoms with Gasteiger partial charge in [0.1, 0.15) is 10.7 Å². The van der Waals surface area contributed by atoms with Gasteiger partial charge in [-0.25, -0.2) is 9.97 Å². The second-order valence-corrected chi connectivity index (χ2v) is 6.89. The highest BCUT2D eigenvalue weighted by Crippen LogP contribution is 2.38. The second kappa shape index (κ2) is 4.25. The van der Waals surface area contributed by atoms with Crippen LogP contribution < -0.4 is 0 Å². The Morgan fingerprint density at radius 2 is 2.20 bits per heavy atom. The van der Waals surface area contributed by atoms with E-state index in [1.54, 1.807) is 0 Å². The lowest BCUT2D eigenvalue weighted by atomic mass is 9.89. The van der Waals surface area contributed by atoms with E-state index >= 15 is 0 Å². The summed E-state index contributed by atoms with van der Waals surface area (Å²) in [6.07, 6.45) is 4.49. The summed E-state index contributed by atoms with van der Waals surface area (Å²) >= 11 is 1.86. The molecule has 0 N–H and O–H groups in total. The Bertz CT molecular complexity index is 814. The summed E-state index contributed by atoms with van der Waals surface area (Å²) in [5.74, 6) is 2.63. The molecule has 3 heterocycles. The smallest absolute Gasteiger partial charge is 0.168 e. The number of hydrogen-bond donors (Lipinski definition) is 0. The van der Waals surface area contributed by atoms with Crippen LogP contribution in [0.2, 0.25) is 0 Å². The Balaban J connectivity index is 2.10. The van der Waals surface area contributed by atoms with Crippen LogP contribution in [0.3, 0.4) is 0 Å². The molecule has 4 nitrogen and oxygen atoms in total. The van der Waals surface area contributed by atoms with Gasteiger partial charge in [0, 0.05) is 11.3 Å². The van der Waals surface area contributed by atoms with Crippen molar-refractivity contribution >= 4 is 27.2 Å². The summed E-state index contributed by atoms with van der Waals surface area (Å²) in [6.45, 7) is 6.45. The van der Waals surface area contributed by atoms with Gasteiger partial charge in [-0.2, -0.15) is 4.52 Å². The fourth-order valence-corrected chi connectivity index (χ4v) is 4.55. The van der Waals surface area contributed by atoms with Gasteiger partial charge in [-0.1, -0.05) is 13.8 Å². The predicted octanol–water partition coefficient (Wildman–Crippen LogP) is 3.33. The van der Waals surface area contributed by atoms with Crippen LogP contribution in [0, 0.1) is 12.8 Å². The largest absolute Gasteiger partial charge is 0.222 e. The third-order valence-electron chi connectivity index (χ3n) is 4.25. The van der Waals surface area contributed by atoms with Crippen molar-refractivity contribution in [2.75, 3.05) is 0 Å². The van der Waals surface area contributed by atoms with Gasteiger partial charge >= 0.3 is 0 Å². The summed E-state index contributed by atoms with van der Waals surface area (Å²) in [6, 6.07) is 0. The van der Waals surface area contributed by atoms with Crippen molar-refractivity contribution in [1.29, 1.82) is 0 Å². The molecular weight excluding hydrogens is 268 g/mol. The Morgan fingerprint density at radius 3 is 3.00 bits per heavy atom. The van der Waals surface area contributed by atoms with E-state index in [-0.39, 0.29) is 0 Å². The van der Waals surface area contributed by atoms with Crippen LogP contribution in [0.4, 0.5) is 0 Å². The third-order valence-corrected chi connectivity index (χ3v) is 5.40. The average Bonchev–Trinajstić information content (AvgIpc) is 2.98. The predicted molar refractivity (Wildman–Crippen MR) is 81.5 cm³/mol. The van der Waals surface area contributed by atoms with Gasteiger partial charge in [0.15, 0.2) is 11.5 Å². The van der Waals surface area contributed by atoms with Crippen LogP contribution in [0.5, 0.6) is 0 Å². The van der Waals surface area contributed by atoms with E-state index in [1.165, 1.54) is 28.7 Å². The summed E-state index contributed by atoms with van der Waals surface area (Å²) in [5, 5.41) is 5.83. The molecule has 0 aromatic carbocycles. The standard InChI is InChI=1S/C15H18N4S/c1-4-12-17-14-13-10-6-5-8(2)7-11(10)20-15(13)16-9(3)19(14)18-12/h8H,4-7H2,1-3H3. The summed E-state index contributed by atoms with van der Waals surface area (Å²) in [4.78, 5) is 12.2. The first-order chi connectivity index (χ1) is 9.67. The first kappa shape index (κ1) is 12.3. The molecule has 4 rings (SSSR count). The lowest BCUT2D eigenvalue weighted by Gasteiger charge is -2.17. The SMILES string of the molecule is CCc1nc2c3c4c(sc3nc(C)n2n1)CC(C)CC4. The Kier molecular flexibility index (Phi) is 2.61. The zero-order valence-corrected chi connectivity index (χ0v) is 12.9. The van der Waals surface area contributed by atoms with Gasteiger partial charge in [-0.15, -0.1) is 16.4 Å². The molecule has 5 heteroatoms. The zero-order valence-electron chi connectivity index (χ0n) is 12.1. The van der Waals surface area contributed by atoms with Gasteiger partial charge in [-0.3, -0.25) is 0 Å². The van der Waals surface area contributed by atoms with Crippen LogP contribution in [-0.2, 0) is 19.3 Å². The Morgan fingerprint density at radius 1 is 1.35 bits per heavy atom. The maximum absolute atomic E-state index is 4.76. The van der Waals surface area contributed by atoms with Crippen molar-refractivity contribution in [3.05, 3.63) is 22.1 Å². The normalized spacial score (nSPS) is 18.9. The van der Waals surface area contributed by atoms with E-state index in [4.69, 9.17) is 9.97 Å². The fraction of sp³-hybridized carbons (Fsp3) is 0.533. The number of rotatable bonds is 1. The third kappa shape index (κ3) is 1.62. The number of thiophene rings is 1. The van der Waals surface area contributed by atoms with Crippen LogP contribution in [0.15, 0.2) is 0 Å². The fourth-order valence-electron chi connectivity index (χ4n) is 3.13. The number of nitrogens with zero attached hydrogens (tertiary/aromatic N) is 4. The minimum atomic E-state index is 0.789. The number of aromatic nitrogens is 4. The first-order valence-electron chi connectivity index (χ1n) is 7.34. The number of fused-ring (bicyclic) bond motifs is 5. The minimum Gasteiger partial charge on any atom is -0.222 e. The molecule has 1 aliphatic carbocycles. The Hall–Kier alpha value is -1.49. The molecule has 1 aliphatic rings. The molecule has 0 radical (unpaired) electrons. The lowest BCUT2D eigenvalue weighted by Crippen LogP contribution is -2.08. The molecule has 0 saturated heterocycles. The van der Waals surface area contributed by atoms with Crippen LogP contribution in [0.1, 0.15) is 42.4 Å². The zero-order chi connectivity index (χ0) is 13.9. The van der Waals surface area contributed by atoms with Crippen LogP contribution in [-0.4, -0.2) is 19.6 Å². The molecule has 104 valence electrons. The molecule has 0 bridgehead atoms. The quantitative estimate of drug-likeness (QED) is 0.689. The molecule has 0 aliphatic heterocycles. The molecule has 1 atom stereocenters. The van der Waals surface area contributed by atoms with Crippen molar-refractivity contribution in [2.45, 2.75) is 46.5 Å². The molecule has 0 spiro atoms. The molecular formula is C15H18N4S. The highest BCUT2D eigenvalue weighted by atomic mass is 32.1. The highest BCUT2D eigenvalue weighted by molar-refractivity contribution is 7.19. The van der Waals surface area contributed by atoms with E-state index in [0.29, 0.717) is 0 Å². The van der Waals surface area contributed by atoms with Crippen LogP contribution in [0.25, 0.3) is 15.9 Å². The van der Waals surface area contributed by atoms with E-state index in [9.17, 15) is 0 Å². The Labute approximate surface area is 121 Å². The van der Waals surface area contributed by atoms with Crippen molar-refractivity contribution in [2.24, 2.45) is 5.92 Å². The van der Waals surface area contributed by atoms with Gasteiger partial charge < -0.3 is 0 Å². The van der Waals surface area contributed by atoms with Gasteiger partial charge in [-0.05, 0) is 37.7 Å². The van der Waals surface area contributed by atoms with Crippen molar-refractivity contribution < 1.29 is 0 Å². The summed E-state index contributed by atoms with van der Waals surface area (Å²) in [7, 11) is 0. The minimum absolute atomic E-state index is 0.789. The second-order valence-electron chi connectivity index (χ2n) is 5.81. The van der Waals surface area contributed by atoms with Gasteiger partial charge in [0.05, 0.1) is 5.39 Å². The molecule has 0 amide bonds. The van der Waals surface area contributed by atoms with Gasteiger partial charge in [0.25, 0.3) is 0 Å². The van der Waals surface area contributed by atoms with E-state index in [2.05, 4.69) is 18.9 Å². The van der Waals surface area contributed by atoms with E-state index in [0.717, 1.165) is 40.9 Å². The highest BCUT2D eigenvalue weighted by Gasteiger charge is 2.24. The molecule has 1 unspecified atom stereocenters. The van der Waals surface area contributed by atoms with Crippen molar-refractivity contribution in [3.8, 4) is 0 Å². The molecule has 0 fully saturated rings. The van der Waals surface area contributed by atoms with E-state index in [1.807, 2.05) is 22.8 Å². The van der Waals surface area contributed by atoms with Crippen molar-refractivity contribution in [3.63, 3.8) is 0 Å². The molecule has 3 aromatic heterocycles. The summed E-state index contributed by atoms with van der Waals surface area (Å²) in [5.41, 5.74) is 2.49. The summed E-state index contributed by atoms with van der Waals surface area (Å²) < 4.78 is 1.92. The van der Waals surface area contributed by atoms with Crippen molar-refractivity contribution in [1.82, 2.24) is 19.6 Å². The maximum Gasteiger partial charge on any atom is 0.168 e. The van der Waals surface area contributed by atoms with Crippen LogP contribution >= 0.6 is 11.3 Å². The average molecular weight is 286 g/mol. The molecule has 0 saturated carbocycles.